The number of amides is 1. The molecule has 4 nitrogen and oxygen atoms in total. The Balaban J connectivity index is 1.40. The summed E-state index contributed by atoms with van der Waals surface area (Å²) in [7, 11) is 0. The number of pyridine rings is 1. The molecule has 1 amide bonds. The first-order chi connectivity index (χ1) is 15.1. The molecule has 1 aliphatic heterocycles. The van der Waals surface area contributed by atoms with E-state index in [1.807, 2.05) is 36.4 Å². The fourth-order valence-electron chi connectivity index (χ4n) is 4.26. The van der Waals surface area contributed by atoms with E-state index in [0.29, 0.717) is 17.9 Å². The number of carbonyl (C=O) groups excluding carboxylic acids is 1. The van der Waals surface area contributed by atoms with Crippen LogP contribution < -0.4 is 5.32 Å². The first-order valence-electron chi connectivity index (χ1n) is 10.8. The summed E-state index contributed by atoms with van der Waals surface area (Å²) < 4.78 is 14.0. The minimum absolute atomic E-state index is 0.0589. The van der Waals surface area contributed by atoms with Gasteiger partial charge in [-0.1, -0.05) is 36.4 Å². The van der Waals surface area contributed by atoms with Gasteiger partial charge in [0.2, 0.25) is 5.91 Å². The molecular weight excluding hydrogens is 389 g/mol. The first-order valence-corrected chi connectivity index (χ1v) is 10.8. The Kier molecular flexibility index (Phi) is 6.73. The number of aromatic nitrogens is 1. The van der Waals surface area contributed by atoms with E-state index in [-0.39, 0.29) is 11.7 Å². The summed E-state index contributed by atoms with van der Waals surface area (Å²) in [5, 5.41) is 2.81. The highest BCUT2D eigenvalue weighted by atomic mass is 19.1. The molecule has 160 valence electrons. The van der Waals surface area contributed by atoms with Gasteiger partial charge < -0.3 is 5.32 Å². The second kappa shape index (κ2) is 9.84. The fourth-order valence-corrected chi connectivity index (χ4v) is 4.26. The van der Waals surface area contributed by atoms with Gasteiger partial charge in [0.05, 0.1) is 0 Å². The van der Waals surface area contributed by atoms with Crippen LogP contribution in [0.25, 0.3) is 0 Å². The maximum absolute atomic E-state index is 14.0. The minimum Gasteiger partial charge on any atom is -0.326 e. The zero-order valence-corrected chi connectivity index (χ0v) is 17.9. The molecule has 0 saturated carbocycles. The predicted molar refractivity (Wildman–Crippen MR) is 121 cm³/mol. The predicted octanol–water partition coefficient (Wildman–Crippen LogP) is 5.15. The summed E-state index contributed by atoms with van der Waals surface area (Å²) >= 11 is 0. The van der Waals surface area contributed by atoms with Crippen molar-refractivity contribution in [2.75, 3.05) is 18.4 Å². The molecule has 1 atom stereocenters. The maximum Gasteiger partial charge on any atom is 0.221 e. The van der Waals surface area contributed by atoms with Crippen LogP contribution in [0.4, 0.5) is 10.1 Å². The largest absolute Gasteiger partial charge is 0.326 e. The Morgan fingerprint density at radius 2 is 1.90 bits per heavy atom. The van der Waals surface area contributed by atoms with Crippen molar-refractivity contribution in [1.29, 1.82) is 0 Å². The summed E-state index contributed by atoms with van der Waals surface area (Å²) in [4.78, 5) is 18.5. The number of benzene rings is 2. The summed E-state index contributed by atoms with van der Waals surface area (Å²) in [5.41, 5.74) is 4.74. The standard InChI is InChI=1S/C26H28FN3O/c1-19(31)28-23-13-11-20(12-14-23)17-30-15-5-7-22(18-30)26-10-4-8-24(29-26)16-21-6-2-3-9-25(21)27/h2-4,6,8-14,22H,5,7,15-18H2,1H3,(H,28,31)/t22-/m1/s1. The minimum atomic E-state index is -0.178. The number of carbonyl (C=O) groups is 1. The van der Waals surface area contributed by atoms with Crippen LogP contribution in [0, 0.1) is 5.82 Å². The van der Waals surface area contributed by atoms with Gasteiger partial charge in [-0.2, -0.15) is 0 Å². The van der Waals surface area contributed by atoms with E-state index in [1.165, 1.54) is 18.6 Å². The quantitative estimate of drug-likeness (QED) is 0.603. The highest BCUT2D eigenvalue weighted by Crippen LogP contribution is 2.27. The van der Waals surface area contributed by atoms with Crippen LogP contribution in [0.15, 0.2) is 66.7 Å². The lowest BCUT2D eigenvalue weighted by molar-refractivity contribution is -0.114. The lowest BCUT2D eigenvalue weighted by Crippen LogP contribution is -2.34. The van der Waals surface area contributed by atoms with E-state index in [2.05, 4.69) is 28.4 Å². The van der Waals surface area contributed by atoms with E-state index in [0.717, 1.165) is 49.6 Å². The molecule has 31 heavy (non-hydrogen) atoms. The molecule has 0 aliphatic carbocycles. The topological polar surface area (TPSA) is 45.2 Å². The van der Waals surface area contributed by atoms with E-state index in [1.54, 1.807) is 6.07 Å². The van der Waals surface area contributed by atoms with E-state index < -0.39 is 0 Å². The number of anilines is 1. The molecule has 1 aliphatic rings. The summed E-state index contributed by atoms with van der Waals surface area (Å²) in [6.07, 6.45) is 2.76. The maximum atomic E-state index is 14.0. The molecule has 2 aromatic carbocycles. The van der Waals surface area contributed by atoms with E-state index in [9.17, 15) is 9.18 Å². The van der Waals surface area contributed by atoms with Gasteiger partial charge in [-0.15, -0.1) is 0 Å². The summed E-state index contributed by atoms with van der Waals surface area (Å²) in [6, 6.07) is 21.1. The number of halogens is 1. The van der Waals surface area contributed by atoms with Gasteiger partial charge in [-0.3, -0.25) is 14.7 Å². The van der Waals surface area contributed by atoms with Gasteiger partial charge in [-0.25, -0.2) is 4.39 Å². The van der Waals surface area contributed by atoms with Crippen LogP contribution >= 0.6 is 0 Å². The monoisotopic (exact) mass is 417 g/mol. The van der Waals surface area contributed by atoms with Gasteiger partial charge in [0.1, 0.15) is 5.82 Å². The third kappa shape index (κ3) is 5.76. The molecule has 1 fully saturated rings. The zero-order chi connectivity index (χ0) is 21.6. The van der Waals surface area contributed by atoms with Gasteiger partial charge in [-0.05, 0) is 60.8 Å². The molecular formula is C26H28FN3O. The molecule has 1 aromatic heterocycles. The normalized spacial score (nSPS) is 16.8. The third-order valence-electron chi connectivity index (χ3n) is 5.76. The summed E-state index contributed by atoms with van der Waals surface area (Å²) in [5.74, 6) is 0.146. The molecule has 0 radical (unpaired) electrons. The number of hydrogen-bond donors (Lipinski definition) is 1. The molecule has 0 spiro atoms. The van der Waals surface area contributed by atoms with Crippen molar-refractivity contribution in [2.24, 2.45) is 0 Å². The Hall–Kier alpha value is -3.05. The average molecular weight is 418 g/mol. The Morgan fingerprint density at radius 3 is 2.68 bits per heavy atom. The van der Waals surface area contributed by atoms with Crippen molar-refractivity contribution < 1.29 is 9.18 Å². The summed E-state index contributed by atoms with van der Waals surface area (Å²) in [6.45, 7) is 4.43. The van der Waals surface area contributed by atoms with E-state index >= 15 is 0 Å². The Morgan fingerprint density at radius 1 is 1.10 bits per heavy atom. The van der Waals surface area contributed by atoms with Crippen LogP contribution in [-0.4, -0.2) is 28.9 Å². The highest BCUT2D eigenvalue weighted by Gasteiger charge is 2.22. The van der Waals surface area contributed by atoms with Crippen LogP contribution in [0.2, 0.25) is 0 Å². The molecule has 0 bridgehead atoms. The van der Waals surface area contributed by atoms with E-state index in [4.69, 9.17) is 4.98 Å². The number of rotatable bonds is 6. The van der Waals surface area contributed by atoms with Crippen LogP contribution in [0.5, 0.6) is 0 Å². The van der Waals surface area contributed by atoms with Crippen molar-refractivity contribution in [3.63, 3.8) is 0 Å². The third-order valence-corrected chi connectivity index (χ3v) is 5.76. The van der Waals surface area contributed by atoms with Crippen molar-refractivity contribution in [3.8, 4) is 0 Å². The average Bonchev–Trinajstić information content (AvgIpc) is 2.77. The SMILES string of the molecule is CC(=O)Nc1ccc(CN2CCC[C@@H](c3cccc(Cc4ccccc4F)n3)C2)cc1. The molecule has 3 aromatic rings. The number of hydrogen-bond acceptors (Lipinski definition) is 3. The molecule has 4 rings (SSSR count). The highest BCUT2D eigenvalue weighted by molar-refractivity contribution is 5.88. The molecule has 2 heterocycles. The van der Waals surface area contributed by atoms with Crippen molar-refractivity contribution in [2.45, 2.75) is 38.6 Å². The van der Waals surface area contributed by atoms with Crippen LogP contribution in [-0.2, 0) is 17.8 Å². The first kappa shape index (κ1) is 21.2. The molecule has 0 unspecified atom stereocenters. The fraction of sp³-hybridized carbons (Fsp3) is 0.308. The Bertz CT molecular complexity index is 1030. The lowest BCUT2D eigenvalue weighted by atomic mass is 9.93. The zero-order valence-electron chi connectivity index (χ0n) is 17.9. The smallest absolute Gasteiger partial charge is 0.221 e. The van der Waals surface area contributed by atoms with Crippen LogP contribution in [0.3, 0.4) is 0 Å². The number of nitrogens with zero attached hydrogens (tertiary/aromatic N) is 2. The molecule has 5 heteroatoms. The van der Waals surface area contributed by atoms with Crippen molar-refractivity contribution in [1.82, 2.24) is 9.88 Å². The Labute approximate surface area is 183 Å². The molecule has 1 saturated heterocycles. The van der Waals surface area contributed by atoms with Gasteiger partial charge in [0.15, 0.2) is 0 Å². The van der Waals surface area contributed by atoms with Crippen molar-refractivity contribution in [3.05, 3.63) is 95.1 Å². The number of piperidine rings is 1. The number of nitrogens with one attached hydrogen (secondary N) is 1. The van der Waals surface area contributed by atoms with Gasteiger partial charge >= 0.3 is 0 Å². The van der Waals surface area contributed by atoms with Crippen LogP contribution in [0.1, 0.15) is 48.2 Å². The second-order valence-electron chi connectivity index (χ2n) is 8.27. The second-order valence-corrected chi connectivity index (χ2v) is 8.27. The van der Waals surface area contributed by atoms with Gasteiger partial charge in [0.25, 0.3) is 0 Å². The van der Waals surface area contributed by atoms with Gasteiger partial charge in [0, 0.05) is 49.4 Å². The molecule has 1 N–H and O–H groups in total. The van der Waals surface area contributed by atoms with Crippen molar-refractivity contribution >= 4 is 11.6 Å². The lowest BCUT2D eigenvalue weighted by Gasteiger charge is -2.32. The number of likely N-dealkylation sites (tertiary alicyclic amines) is 1.